The highest BCUT2D eigenvalue weighted by atomic mass is 32.1. The quantitative estimate of drug-likeness (QED) is 0.609. The predicted molar refractivity (Wildman–Crippen MR) is 80.6 cm³/mol. The number of nitrogens with zero attached hydrogens (tertiary/aromatic N) is 1. The highest BCUT2D eigenvalue weighted by Gasteiger charge is 2.04. The number of H-pyrrole nitrogens is 1. The van der Waals surface area contributed by atoms with Gasteiger partial charge in [0.2, 0.25) is 6.41 Å². The second-order valence-electron chi connectivity index (χ2n) is 4.36. The first-order valence-electron chi connectivity index (χ1n) is 6.35. The maximum atomic E-state index is 10.6. The fourth-order valence-electron chi connectivity index (χ4n) is 2.07. The van der Waals surface area contributed by atoms with Gasteiger partial charge in [-0.2, -0.15) is 0 Å². The summed E-state index contributed by atoms with van der Waals surface area (Å²) in [4.78, 5) is 13.5. The Hall–Kier alpha value is -2.08. The van der Waals surface area contributed by atoms with Crippen molar-refractivity contribution in [2.24, 2.45) is 0 Å². The van der Waals surface area contributed by atoms with Crippen molar-refractivity contribution in [2.75, 3.05) is 12.4 Å². The zero-order valence-corrected chi connectivity index (χ0v) is 12.1. The minimum absolute atomic E-state index is 0.654. The molecule has 0 radical (unpaired) electrons. The van der Waals surface area contributed by atoms with Gasteiger partial charge in [0.1, 0.15) is 5.75 Å². The summed E-state index contributed by atoms with van der Waals surface area (Å²) in [6.45, 7) is 0.866. The Labute approximate surface area is 122 Å². The Bertz CT molecular complexity index is 633. The molecule has 0 atom stereocenters. The lowest BCUT2D eigenvalue weighted by atomic mass is 10.1. The molecule has 1 aromatic heterocycles. The van der Waals surface area contributed by atoms with Crippen LogP contribution in [0, 0.1) is 4.77 Å². The average Bonchev–Trinajstić information content (AvgIpc) is 2.85. The monoisotopic (exact) mass is 291 g/mol. The Morgan fingerprint density at radius 2 is 2.35 bits per heavy atom. The summed E-state index contributed by atoms with van der Waals surface area (Å²) in [7, 11) is 1.58. The zero-order chi connectivity index (χ0) is 14.4. The van der Waals surface area contributed by atoms with E-state index in [9.17, 15) is 4.79 Å². The summed E-state index contributed by atoms with van der Waals surface area (Å²) in [5.41, 5.74) is 1.84. The molecule has 0 aliphatic heterocycles. The molecular weight excluding hydrogens is 274 g/mol. The van der Waals surface area contributed by atoms with Crippen molar-refractivity contribution in [1.29, 1.82) is 0 Å². The number of nitrogens with one attached hydrogen (secondary N) is 2. The van der Waals surface area contributed by atoms with Gasteiger partial charge in [0.05, 0.1) is 12.8 Å². The van der Waals surface area contributed by atoms with E-state index in [1.807, 2.05) is 35.2 Å². The van der Waals surface area contributed by atoms with Gasteiger partial charge in [-0.25, -0.2) is 0 Å². The normalized spacial score (nSPS) is 10.2. The van der Waals surface area contributed by atoms with Crippen LogP contribution >= 0.6 is 12.2 Å². The third-order valence-electron chi connectivity index (χ3n) is 3.06. The van der Waals surface area contributed by atoms with Crippen molar-refractivity contribution < 1.29 is 9.53 Å². The number of aryl methyl sites for hydroxylation is 2. The van der Waals surface area contributed by atoms with Crippen LogP contribution in [0.15, 0.2) is 30.6 Å². The van der Waals surface area contributed by atoms with Gasteiger partial charge in [-0.15, -0.1) is 0 Å². The maximum Gasteiger partial charge on any atom is 0.211 e. The van der Waals surface area contributed by atoms with Crippen LogP contribution in [0.5, 0.6) is 5.75 Å². The molecule has 5 nitrogen and oxygen atoms in total. The van der Waals surface area contributed by atoms with Crippen LogP contribution in [-0.2, 0) is 17.8 Å². The van der Waals surface area contributed by atoms with Gasteiger partial charge >= 0.3 is 0 Å². The van der Waals surface area contributed by atoms with Crippen LogP contribution in [0.2, 0.25) is 0 Å². The Morgan fingerprint density at radius 3 is 3.00 bits per heavy atom. The number of carbonyl (C=O) groups is 1. The number of ether oxygens (including phenoxy) is 1. The average molecular weight is 291 g/mol. The SMILES string of the molecule is COc1ccc(CCCn2cc[nH]c2=S)cc1NC=O. The lowest BCUT2D eigenvalue weighted by molar-refractivity contribution is -0.105. The van der Waals surface area contributed by atoms with Gasteiger partial charge in [-0.3, -0.25) is 4.79 Å². The highest BCUT2D eigenvalue weighted by Crippen LogP contribution is 2.25. The van der Waals surface area contributed by atoms with Crippen molar-refractivity contribution in [3.8, 4) is 5.75 Å². The summed E-state index contributed by atoms with van der Waals surface area (Å²) in [5.74, 6) is 0.661. The molecule has 0 bridgehead atoms. The second-order valence-corrected chi connectivity index (χ2v) is 4.75. The molecule has 0 unspecified atom stereocenters. The summed E-state index contributed by atoms with van der Waals surface area (Å²) in [6.07, 6.45) is 6.31. The Balaban J connectivity index is 1.99. The Morgan fingerprint density at radius 1 is 1.50 bits per heavy atom. The van der Waals surface area contributed by atoms with Crippen LogP contribution < -0.4 is 10.1 Å². The van der Waals surface area contributed by atoms with E-state index in [0.29, 0.717) is 17.8 Å². The maximum absolute atomic E-state index is 10.6. The zero-order valence-electron chi connectivity index (χ0n) is 11.3. The standard InChI is InChI=1S/C14H17N3O2S/c1-19-13-5-4-11(9-12(13)16-10-18)3-2-7-17-8-6-15-14(17)20/h4-6,8-10H,2-3,7H2,1H3,(H,15,20)(H,16,18). The summed E-state index contributed by atoms with van der Waals surface area (Å²) in [6, 6.07) is 5.80. The second kappa shape index (κ2) is 6.91. The van der Waals surface area contributed by atoms with Crippen molar-refractivity contribution in [3.63, 3.8) is 0 Å². The van der Waals surface area contributed by atoms with Crippen LogP contribution in [0.4, 0.5) is 5.69 Å². The minimum atomic E-state index is 0.654. The molecule has 2 N–H and O–H groups in total. The number of rotatable bonds is 7. The van der Waals surface area contributed by atoms with Crippen molar-refractivity contribution >= 4 is 24.3 Å². The largest absolute Gasteiger partial charge is 0.495 e. The lowest BCUT2D eigenvalue weighted by Gasteiger charge is -2.10. The molecule has 0 saturated carbocycles. The fourth-order valence-corrected chi connectivity index (χ4v) is 2.29. The number of anilines is 1. The molecule has 106 valence electrons. The molecule has 2 rings (SSSR count). The number of aromatic nitrogens is 2. The van der Waals surface area contributed by atoms with Crippen molar-refractivity contribution in [1.82, 2.24) is 9.55 Å². The topological polar surface area (TPSA) is 59.0 Å². The molecule has 2 aromatic rings. The summed E-state index contributed by atoms with van der Waals surface area (Å²) < 4.78 is 7.93. The van der Waals surface area contributed by atoms with Gasteiger partial charge in [-0.05, 0) is 42.8 Å². The number of amides is 1. The molecule has 1 amide bonds. The molecular formula is C14H17N3O2S. The molecule has 1 aromatic carbocycles. The van der Waals surface area contributed by atoms with Crippen LogP contribution in [0.3, 0.4) is 0 Å². The minimum Gasteiger partial charge on any atom is -0.495 e. The number of aromatic amines is 1. The molecule has 0 fully saturated rings. The van der Waals surface area contributed by atoms with E-state index in [1.54, 1.807) is 7.11 Å². The number of imidazole rings is 1. The van der Waals surface area contributed by atoms with Gasteiger partial charge < -0.3 is 19.6 Å². The van der Waals surface area contributed by atoms with E-state index in [1.165, 1.54) is 0 Å². The predicted octanol–water partition coefficient (Wildman–Crippen LogP) is 2.76. The van der Waals surface area contributed by atoms with Crippen LogP contribution in [0.25, 0.3) is 0 Å². The molecule has 0 saturated heterocycles. The van der Waals surface area contributed by atoms with E-state index in [0.717, 1.165) is 29.7 Å². The first kappa shape index (κ1) is 14.3. The van der Waals surface area contributed by atoms with E-state index < -0.39 is 0 Å². The highest BCUT2D eigenvalue weighted by molar-refractivity contribution is 7.71. The first-order chi connectivity index (χ1) is 9.74. The van der Waals surface area contributed by atoms with Crippen molar-refractivity contribution in [3.05, 3.63) is 40.9 Å². The van der Waals surface area contributed by atoms with Gasteiger partial charge in [-0.1, -0.05) is 6.07 Å². The molecule has 0 aliphatic carbocycles. The number of hydrogen-bond donors (Lipinski definition) is 2. The number of carbonyl (C=O) groups excluding carboxylic acids is 1. The van der Waals surface area contributed by atoms with E-state index in [4.69, 9.17) is 17.0 Å². The molecule has 0 aliphatic rings. The van der Waals surface area contributed by atoms with Crippen LogP contribution in [0.1, 0.15) is 12.0 Å². The summed E-state index contributed by atoms with van der Waals surface area (Å²) in [5, 5.41) is 2.65. The molecule has 20 heavy (non-hydrogen) atoms. The van der Waals surface area contributed by atoms with E-state index in [2.05, 4.69) is 10.3 Å². The van der Waals surface area contributed by atoms with E-state index in [-0.39, 0.29) is 0 Å². The van der Waals surface area contributed by atoms with Gasteiger partial charge in [0.25, 0.3) is 0 Å². The van der Waals surface area contributed by atoms with E-state index >= 15 is 0 Å². The third kappa shape index (κ3) is 3.48. The summed E-state index contributed by atoms with van der Waals surface area (Å²) >= 11 is 5.15. The van der Waals surface area contributed by atoms with Crippen LogP contribution in [-0.4, -0.2) is 23.1 Å². The number of benzene rings is 1. The first-order valence-corrected chi connectivity index (χ1v) is 6.76. The number of methoxy groups -OCH3 is 1. The number of hydrogen-bond acceptors (Lipinski definition) is 3. The smallest absolute Gasteiger partial charge is 0.211 e. The van der Waals surface area contributed by atoms with Crippen molar-refractivity contribution in [2.45, 2.75) is 19.4 Å². The van der Waals surface area contributed by atoms with Gasteiger partial charge in [0.15, 0.2) is 4.77 Å². The fraction of sp³-hybridized carbons (Fsp3) is 0.286. The molecule has 0 spiro atoms. The lowest BCUT2D eigenvalue weighted by Crippen LogP contribution is -2.01. The Kier molecular flexibility index (Phi) is 4.95. The molecule has 1 heterocycles. The third-order valence-corrected chi connectivity index (χ3v) is 3.42. The van der Waals surface area contributed by atoms with Gasteiger partial charge in [0, 0.05) is 18.9 Å². The molecule has 6 heteroatoms.